The summed E-state index contributed by atoms with van der Waals surface area (Å²) in [6.07, 6.45) is 6.38. The van der Waals surface area contributed by atoms with Crippen molar-refractivity contribution in [2.45, 2.75) is 72.1 Å². The Labute approximate surface area is 217 Å². The average molecular weight is 509 g/mol. The van der Waals surface area contributed by atoms with E-state index in [0.29, 0.717) is 31.6 Å². The Balaban J connectivity index is 1.63. The third-order valence-electron chi connectivity index (χ3n) is 5.93. The van der Waals surface area contributed by atoms with Crippen molar-refractivity contribution < 1.29 is 19.1 Å². The highest BCUT2D eigenvalue weighted by atomic mass is 16.6. The van der Waals surface area contributed by atoms with Crippen LogP contribution in [0.5, 0.6) is 0 Å². The molecule has 0 radical (unpaired) electrons. The van der Waals surface area contributed by atoms with Gasteiger partial charge in [-0.1, -0.05) is 70.9 Å². The van der Waals surface area contributed by atoms with Crippen molar-refractivity contribution in [3.8, 4) is 0 Å². The number of hydrogen-bond donors (Lipinski definition) is 3. The molecule has 10 heteroatoms. The van der Waals surface area contributed by atoms with Crippen molar-refractivity contribution in [2.24, 2.45) is 5.41 Å². The lowest BCUT2D eigenvalue weighted by Gasteiger charge is -2.31. The van der Waals surface area contributed by atoms with E-state index in [1.165, 1.54) is 12.3 Å². The molecule has 0 fully saturated rings. The highest BCUT2D eigenvalue weighted by Gasteiger charge is 2.32. The van der Waals surface area contributed by atoms with E-state index in [1.807, 2.05) is 56.7 Å². The normalized spacial score (nSPS) is 13.0. The van der Waals surface area contributed by atoms with E-state index < -0.39 is 29.9 Å². The molecule has 0 aliphatic rings. The highest BCUT2D eigenvalue weighted by Crippen LogP contribution is 2.24. The number of unbranched alkanes of at least 4 members (excludes halogenated alkanes) is 1. The van der Waals surface area contributed by atoms with Crippen molar-refractivity contribution >= 4 is 23.6 Å². The van der Waals surface area contributed by atoms with Crippen LogP contribution in [-0.2, 0) is 27.3 Å². The summed E-state index contributed by atoms with van der Waals surface area (Å²) in [5.74, 6) is -1.27. The van der Waals surface area contributed by atoms with Gasteiger partial charge in [0.2, 0.25) is 5.78 Å². The summed E-state index contributed by atoms with van der Waals surface area (Å²) in [7, 11) is 0. The number of anilines is 1. The number of rotatable bonds is 12. The van der Waals surface area contributed by atoms with E-state index in [4.69, 9.17) is 4.74 Å². The summed E-state index contributed by atoms with van der Waals surface area (Å²) in [5, 5.41) is 11.4. The molecule has 2 amide bonds. The molecular formula is C27H36N6O4. The van der Waals surface area contributed by atoms with Crippen LogP contribution in [0.15, 0.2) is 55.1 Å². The maximum Gasteiger partial charge on any atom is 0.408 e. The van der Waals surface area contributed by atoms with Gasteiger partial charge in [-0.3, -0.25) is 14.7 Å². The zero-order chi connectivity index (χ0) is 26.8. The van der Waals surface area contributed by atoms with Crippen molar-refractivity contribution in [3.63, 3.8) is 0 Å². The zero-order valence-electron chi connectivity index (χ0n) is 21.9. The van der Waals surface area contributed by atoms with E-state index in [9.17, 15) is 14.4 Å². The summed E-state index contributed by atoms with van der Waals surface area (Å²) in [6, 6.07) is 10.6. The molecule has 0 spiro atoms. The SMILES string of the molecule is CCCC[C@H](NC(=O)O[C@H](Cn1cnc(Cc2ccccc2)c1)C(C)(C)C)C(=O)C(=O)Nc1ccn[nH]1. The molecule has 3 N–H and O–H groups in total. The van der Waals surface area contributed by atoms with Gasteiger partial charge in [-0.15, -0.1) is 0 Å². The molecule has 0 aliphatic heterocycles. The first-order valence-corrected chi connectivity index (χ1v) is 12.5. The summed E-state index contributed by atoms with van der Waals surface area (Å²) in [4.78, 5) is 42.6. The Kier molecular flexibility index (Phi) is 9.59. The second kappa shape index (κ2) is 12.8. The Morgan fingerprint density at radius 3 is 2.54 bits per heavy atom. The molecule has 2 heterocycles. The summed E-state index contributed by atoms with van der Waals surface area (Å²) in [5.41, 5.74) is 1.69. The number of imidazole rings is 1. The number of carbonyl (C=O) groups excluding carboxylic acids is 3. The number of nitrogens with zero attached hydrogens (tertiary/aromatic N) is 3. The predicted octanol–water partition coefficient (Wildman–Crippen LogP) is 4.10. The average Bonchev–Trinajstić information content (AvgIpc) is 3.53. The van der Waals surface area contributed by atoms with Crippen LogP contribution < -0.4 is 10.6 Å². The molecule has 3 aromatic rings. The van der Waals surface area contributed by atoms with E-state index >= 15 is 0 Å². The zero-order valence-corrected chi connectivity index (χ0v) is 21.9. The fraction of sp³-hybridized carbons (Fsp3) is 0.444. The monoisotopic (exact) mass is 508 g/mol. The molecule has 3 rings (SSSR count). The third kappa shape index (κ3) is 8.59. The highest BCUT2D eigenvalue weighted by molar-refractivity contribution is 6.42. The molecule has 10 nitrogen and oxygen atoms in total. The molecule has 2 atom stereocenters. The smallest absolute Gasteiger partial charge is 0.408 e. The molecule has 0 bridgehead atoms. The largest absolute Gasteiger partial charge is 0.444 e. The van der Waals surface area contributed by atoms with Crippen LogP contribution in [0.3, 0.4) is 0 Å². The fourth-order valence-corrected chi connectivity index (χ4v) is 3.73. The lowest BCUT2D eigenvalue weighted by Crippen LogP contribution is -2.48. The van der Waals surface area contributed by atoms with Crippen LogP contribution in [0.2, 0.25) is 0 Å². The number of benzene rings is 1. The van der Waals surface area contributed by atoms with E-state index in [2.05, 4.69) is 37.9 Å². The van der Waals surface area contributed by atoms with E-state index in [1.54, 1.807) is 6.33 Å². The summed E-state index contributed by atoms with van der Waals surface area (Å²) < 4.78 is 7.70. The minimum absolute atomic E-state index is 0.301. The fourth-order valence-electron chi connectivity index (χ4n) is 3.73. The van der Waals surface area contributed by atoms with Gasteiger partial charge < -0.3 is 19.9 Å². The van der Waals surface area contributed by atoms with Crippen LogP contribution in [0, 0.1) is 5.41 Å². The van der Waals surface area contributed by atoms with Crippen LogP contribution in [0.4, 0.5) is 10.6 Å². The maximum absolute atomic E-state index is 12.9. The molecule has 2 aromatic heterocycles. The Bertz CT molecular complexity index is 1150. The van der Waals surface area contributed by atoms with Gasteiger partial charge in [0.25, 0.3) is 5.91 Å². The summed E-state index contributed by atoms with van der Waals surface area (Å²) in [6.45, 7) is 8.29. The molecule has 1 aromatic carbocycles. The molecule has 0 aliphatic carbocycles. The number of amides is 2. The lowest BCUT2D eigenvalue weighted by atomic mass is 9.89. The Morgan fingerprint density at radius 2 is 1.89 bits per heavy atom. The third-order valence-corrected chi connectivity index (χ3v) is 5.93. The number of alkyl carbamates (subject to hydrolysis) is 1. The number of nitrogens with one attached hydrogen (secondary N) is 3. The molecule has 0 saturated carbocycles. The predicted molar refractivity (Wildman–Crippen MR) is 140 cm³/mol. The number of hydrogen-bond acceptors (Lipinski definition) is 6. The second-order valence-corrected chi connectivity index (χ2v) is 10.1. The van der Waals surface area contributed by atoms with Gasteiger partial charge in [0.15, 0.2) is 0 Å². The van der Waals surface area contributed by atoms with Crippen LogP contribution in [0.25, 0.3) is 0 Å². The van der Waals surface area contributed by atoms with Crippen molar-refractivity contribution in [2.75, 3.05) is 5.32 Å². The number of H-pyrrole nitrogens is 1. The molecular weight excluding hydrogens is 472 g/mol. The quantitative estimate of drug-likeness (QED) is 0.316. The van der Waals surface area contributed by atoms with Crippen molar-refractivity contribution in [1.82, 2.24) is 25.1 Å². The van der Waals surface area contributed by atoms with E-state index in [0.717, 1.165) is 17.7 Å². The molecule has 0 saturated heterocycles. The van der Waals surface area contributed by atoms with Crippen molar-refractivity contribution in [3.05, 3.63) is 66.4 Å². The van der Waals surface area contributed by atoms with Gasteiger partial charge in [-0.05, 0) is 12.0 Å². The minimum Gasteiger partial charge on any atom is -0.444 e. The van der Waals surface area contributed by atoms with E-state index in [-0.39, 0.29) is 5.41 Å². The number of carbonyl (C=O) groups is 3. The van der Waals surface area contributed by atoms with Crippen LogP contribution in [-0.4, -0.2) is 49.7 Å². The molecule has 198 valence electrons. The first kappa shape index (κ1) is 27.6. The van der Waals surface area contributed by atoms with Gasteiger partial charge in [0.1, 0.15) is 18.0 Å². The number of Topliss-reactive ketones (excluding diaryl/α,β-unsaturated/α-hetero) is 1. The van der Waals surface area contributed by atoms with Gasteiger partial charge in [0.05, 0.1) is 24.8 Å². The first-order valence-electron chi connectivity index (χ1n) is 12.5. The minimum atomic E-state index is -0.998. The number of ketones is 1. The topological polar surface area (TPSA) is 131 Å². The molecule has 0 unspecified atom stereocenters. The Morgan fingerprint density at radius 1 is 1.14 bits per heavy atom. The maximum atomic E-state index is 12.9. The van der Waals surface area contributed by atoms with Crippen LogP contribution >= 0.6 is 0 Å². The Hall–Kier alpha value is -3.95. The standard InChI is InChI=1S/C27H36N6O4/c1-5-6-12-21(24(34)25(35)31-23-13-14-29-32-23)30-26(36)37-22(27(2,3)4)17-33-16-20(28-18-33)15-19-10-8-7-9-11-19/h7-11,13-14,16,18,21-22H,5-6,12,15,17H2,1-4H3,(H,30,36)(H2,29,31,32,35)/t21-,22+/m0/s1. The van der Waals surface area contributed by atoms with Crippen molar-refractivity contribution in [1.29, 1.82) is 0 Å². The number of aromatic nitrogens is 4. The first-order chi connectivity index (χ1) is 17.7. The lowest BCUT2D eigenvalue weighted by molar-refractivity contribution is -0.136. The van der Waals surface area contributed by atoms with Crippen LogP contribution in [0.1, 0.15) is 58.2 Å². The second-order valence-electron chi connectivity index (χ2n) is 10.1. The van der Waals surface area contributed by atoms with Gasteiger partial charge >= 0.3 is 6.09 Å². The number of ether oxygens (including phenoxy) is 1. The molecule has 37 heavy (non-hydrogen) atoms. The van der Waals surface area contributed by atoms with Gasteiger partial charge in [-0.2, -0.15) is 5.10 Å². The van der Waals surface area contributed by atoms with Gasteiger partial charge in [0, 0.05) is 24.1 Å². The number of aromatic amines is 1. The summed E-state index contributed by atoms with van der Waals surface area (Å²) >= 11 is 0. The van der Waals surface area contributed by atoms with Gasteiger partial charge in [-0.25, -0.2) is 9.78 Å².